The average Bonchev–Trinajstić information content (AvgIpc) is 2.99. The minimum Gasteiger partial charge on any atom is -0.300 e. The van der Waals surface area contributed by atoms with Gasteiger partial charge in [0.15, 0.2) is 4.96 Å². The summed E-state index contributed by atoms with van der Waals surface area (Å²) in [5.41, 5.74) is 3.14. The monoisotopic (exact) mass is 292 g/mol. The van der Waals surface area contributed by atoms with Crippen molar-refractivity contribution in [2.24, 2.45) is 0 Å². The second-order valence-corrected chi connectivity index (χ2v) is 5.90. The number of rotatable bonds is 3. The molecule has 6 nitrogen and oxygen atoms in total. The molecule has 1 atom stereocenters. The maximum absolute atomic E-state index is 11.9. The van der Waals surface area contributed by atoms with Crippen LogP contribution < -0.4 is 5.32 Å². The fraction of sp³-hybridized carbons (Fsp3) is 0.462. The molecule has 1 aliphatic heterocycles. The number of thiazole rings is 1. The molecule has 2 aromatic heterocycles. The highest BCUT2D eigenvalue weighted by molar-refractivity contribution is 7.15. The van der Waals surface area contributed by atoms with Crippen molar-refractivity contribution in [3.8, 4) is 0 Å². The van der Waals surface area contributed by atoms with Crippen LogP contribution in [-0.4, -0.2) is 39.2 Å². The summed E-state index contributed by atoms with van der Waals surface area (Å²) in [5.74, 6) is -0.287. The number of carbonyl (C=O) groups excluding carboxylic acids is 2. The summed E-state index contributed by atoms with van der Waals surface area (Å²) in [6.45, 7) is 4.53. The lowest BCUT2D eigenvalue weighted by Crippen LogP contribution is -2.37. The highest BCUT2D eigenvalue weighted by atomic mass is 32.1. The summed E-state index contributed by atoms with van der Waals surface area (Å²) in [4.78, 5) is 30.0. The van der Waals surface area contributed by atoms with E-state index in [1.54, 1.807) is 11.3 Å². The molecule has 1 unspecified atom stereocenters. The van der Waals surface area contributed by atoms with E-state index in [1.165, 1.54) is 11.9 Å². The second kappa shape index (κ2) is 4.68. The lowest BCUT2D eigenvalue weighted by Gasteiger charge is -2.11. The maximum Gasteiger partial charge on any atom is 0.246 e. The van der Waals surface area contributed by atoms with Gasteiger partial charge in [-0.2, -0.15) is 0 Å². The predicted molar refractivity (Wildman–Crippen MR) is 75.6 cm³/mol. The molecular weight excluding hydrogens is 276 g/mol. The number of fused-ring (bicyclic) bond motifs is 1. The third kappa shape index (κ3) is 1.94. The van der Waals surface area contributed by atoms with Gasteiger partial charge in [-0.05, 0) is 13.8 Å². The van der Waals surface area contributed by atoms with Gasteiger partial charge in [-0.25, -0.2) is 4.98 Å². The third-order valence-corrected chi connectivity index (χ3v) is 4.67. The van der Waals surface area contributed by atoms with Crippen LogP contribution in [0.2, 0.25) is 0 Å². The Morgan fingerprint density at radius 1 is 1.45 bits per heavy atom. The van der Waals surface area contributed by atoms with Gasteiger partial charge in [0.2, 0.25) is 11.8 Å². The van der Waals surface area contributed by atoms with Crippen LogP contribution in [0.15, 0.2) is 5.38 Å². The number of hydrogen-bond donors (Lipinski definition) is 1. The maximum atomic E-state index is 11.9. The highest BCUT2D eigenvalue weighted by Crippen LogP contribution is 2.21. The number of aromatic nitrogens is 2. The second-order valence-electron chi connectivity index (χ2n) is 5.07. The van der Waals surface area contributed by atoms with Gasteiger partial charge in [0.05, 0.1) is 23.9 Å². The summed E-state index contributed by atoms with van der Waals surface area (Å²) in [6, 6.07) is -0.420. The number of amides is 2. The van der Waals surface area contributed by atoms with Crippen LogP contribution in [-0.2, 0) is 16.1 Å². The Bertz CT molecular complexity index is 703. The van der Waals surface area contributed by atoms with Crippen molar-refractivity contribution in [2.75, 3.05) is 7.05 Å². The molecule has 1 saturated heterocycles. The normalized spacial score (nSPS) is 19.6. The number of imide groups is 1. The van der Waals surface area contributed by atoms with Crippen LogP contribution >= 0.6 is 11.3 Å². The van der Waals surface area contributed by atoms with Gasteiger partial charge in [-0.15, -0.1) is 11.3 Å². The molecule has 2 aromatic rings. The molecular formula is C13H16N4O2S. The number of nitrogens with one attached hydrogen (secondary N) is 1. The Morgan fingerprint density at radius 2 is 2.20 bits per heavy atom. The Morgan fingerprint density at radius 3 is 2.85 bits per heavy atom. The standard InChI is InChI=1S/C13H16N4O2S/c1-7-6-20-13-15-8(2)10(17(7)13)5-14-9-4-11(18)16(3)12(9)19/h6,9,14H,4-5H2,1-3H3. The molecule has 3 heterocycles. The quantitative estimate of drug-likeness (QED) is 0.852. The molecule has 3 rings (SSSR count). The molecule has 0 spiro atoms. The number of carbonyl (C=O) groups is 2. The molecule has 0 aromatic carbocycles. The summed E-state index contributed by atoms with van der Waals surface area (Å²) in [5, 5.41) is 5.24. The van der Waals surface area contributed by atoms with Crippen LogP contribution in [0.5, 0.6) is 0 Å². The molecule has 0 bridgehead atoms. The summed E-state index contributed by atoms with van der Waals surface area (Å²) in [6.07, 6.45) is 0.235. The highest BCUT2D eigenvalue weighted by Gasteiger charge is 2.35. The molecule has 1 fully saturated rings. The van der Waals surface area contributed by atoms with Crippen LogP contribution in [0.4, 0.5) is 0 Å². The van der Waals surface area contributed by atoms with E-state index >= 15 is 0 Å². The van der Waals surface area contributed by atoms with E-state index in [0.717, 1.165) is 22.0 Å². The summed E-state index contributed by atoms with van der Waals surface area (Å²) in [7, 11) is 1.53. The number of nitrogens with zero attached hydrogens (tertiary/aromatic N) is 3. The summed E-state index contributed by atoms with van der Waals surface area (Å²) >= 11 is 1.60. The van der Waals surface area contributed by atoms with Gasteiger partial charge in [0.1, 0.15) is 0 Å². The van der Waals surface area contributed by atoms with E-state index in [1.807, 2.05) is 13.8 Å². The van der Waals surface area contributed by atoms with Gasteiger partial charge < -0.3 is 0 Å². The molecule has 2 amide bonds. The average molecular weight is 292 g/mol. The SMILES string of the molecule is Cc1nc2scc(C)n2c1CNC1CC(=O)N(C)C1=O. The molecule has 1 N–H and O–H groups in total. The van der Waals surface area contributed by atoms with Crippen molar-refractivity contribution in [1.82, 2.24) is 19.6 Å². The lowest BCUT2D eigenvalue weighted by atomic mass is 10.2. The predicted octanol–water partition coefficient (Wildman–Crippen LogP) is 0.860. The molecule has 1 aliphatic rings. The zero-order valence-corrected chi connectivity index (χ0v) is 12.5. The number of aryl methyl sites for hydroxylation is 2. The Hall–Kier alpha value is -1.73. The van der Waals surface area contributed by atoms with Gasteiger partial charge in [0, 0.05) is 24.7 Å². The molecule has 0 saturated carbocycles. The lowest BCUT2D eigenvalue weighted by molar-refractivity contribution is -0.137. The van der Waals surface area contributed by atoms with Crippen molar-refractivity contribution >= 4 is 28.1 Å². The van der Waals surface area contributed by atoms with Crippen molar-refractivity contribution < 1.29 is 9.59 Å². The Labute approximate surface area is 120 Å². The first-order valence-electron chi connectivity index (χ1n) is 6.45. The van der Waals surface area contributed by atoms with Crippen LogP contribution in [0.1, 0.15) is 23.5 Å². The van der Waals surface area contributed by atoms with Crippen LogP contribution in [0.25, 0.3) is 4.96 Å². The molecule has 20 heavy (non-hydrogen) atoms. The minimum atomic E-state index is -0.420. The summed E-state index contributed by atoms with van der Waals surface area (Å²) < 4.78 is 2.10. The Kier molecular flexibility index (Phi) is 3.10. The molecule has 7 heteroatoms. The first-order valence-corrected chi connectivity index (χ1v) is 7.33. The van der Waals surface area contributed by atoms with E-state index in [0.29, 0.717) is 6.54 Å². The zero-order chi connectivity index (χ0) is 14.4. The van der Waals surface area contributed by atoms with Gasteiger partial charge >= 0.3 is 0 Å². The minimum absolute atomic E-state index is 0.130. The number of imidazole rings is 1. The van der Waals surface area contributed by atoms with Crippen molar-refractivity contribution in [1.29, 1.82) is 0 Å². The Balaban J connectivity index is 1.81. The van der Waals surface area contributed by atoms with E-state index in [4.69, 9.17) is 0 Å². The molecule has 0 radical (unpaired) electrons. The number of likely N-dealkylation sites (N-methyl/N-ethyl adjacent to an activating group) is 1. The topological polar surface area (TPSA) is 66.7 Å². The van der Waals surface area contributed by atoms with E-state index < -0.39 is 6.04 Å². The zero-order valence-electron chi connectivity index (χ0n) is 11.6. The van der Waals surface area contributed by atoms with Crippen LogP contribution in [0, 0.1) is 13.8 Å². The van der Waals surface area contributed by atoms with E-state index in [2.05, 4.69) is 20.1 Å². The van der Waals surface area contributed by atoms with E-state index in [9.17, 15) is 9.59 Å². The molecule has 0 aliphatic carbocycles. The van der Waals surface area contributed by atoms with Gasteiger partial charge in [-0.1, -0.05) is 0 Å². The molecule has 106 valence electrons. The number of likely N-dealkylation sites (tertiary alicyclic amines) is 1. The van der Waals surface area contributed by atoms with Crippen LogP contribution in [0.3, 0.4) is 0 Å². The van der Waals surface area contributed by atoms with Crippen molar-refractivity contribution in [3.63, 3.8) is 0 Å². The van der Waals surface area contributed by atoms with Gasteiger partial charge in [-0.3, -0.25) is 24.2 Å². The van der Waals surface area contributed by atoms with Crippen molar-refractivity contribution in [3.05, 3.63) is 22.5 Å². The number of hydrogen-bond acceptors (Lipinski definition) is 5. The third-order valence-electron chi connectivity index (χ3n) is 3.73. The fourth-order valence-corrected chi connectivity index (χ4v) is 3.44. The van der Waals surface area contributed by atoms with E-state index in [-0.39, 0.29) is 18.2 Å². The first kappa shape index (κ1) is 13.3. The largest absolute Gasteiger partial charge is 0.300 e. The van der Waals surface area contributed by atoms with Gasteiger partial charge in [0.25, 0.3) is 0 Å². The smallest absolute Gasteiger partial charge is 0.246 e. The fourth-order valence-electron chi connectivity index (χ4n) is 2.51. The van der Waals surface area contributed by atoms with Crippen molar-refractivity contribution in [2.45, 2.75) is 32.9 Å². The first-order chi connectivity index (χ1) is 9.49.